The third-order valence-corrected chi connectivity index (χ3v) is 6.38. The van der Waals surface area contributed by atoms with Gasteiger partial charge in [0.2, 0.25) is 10.0 Å². The number of rotatable bonds is 4. The first-order valence-corrected chi connectivity index (χ1v) is 9.86. The molecular weight excluding hydrogens is 352 g/mol. The van der Waals surface area contributed by atoms with Gasteiger partial charge in [-0.3, -0.25) is 4.79 Å². The van der Waals surface area contributed by atoms with Crippen molar-refractivity contribution in [2.45, 2.75) is 11.8 Å². The number of hydrogen-bond acceptors (Lipinski definition) is 4. The van der Waals surface area contributed by atoms with Gasteiger partial charge in [0.15, 0.2) is 0 Å². The quantitative estimate of drug-likeness (QED) is 0.822. The van der Waals surface area contributed by atoms with Crippen LogP contribution in [0.5, 0.6) is 5.75 Å². The van der Waals surface area contributed by atoms with Crippen molar-refractivity contribution in [2.24, 2.45) is 0 Å². The zero-order chi connectivity index (χ0) is 18.7. The molecule has 1 heterocycles. The highest BCUT2D eigenvalue weighted by molar-refractivity contribution is 7.89. The van der Waals surface area contributed by atoms with Crippen LogP contribution in [0.1, 0.15) is 15.9 Å². The number of ether oxygens (including phenoxy) is 1. The molecule has 1 fully saturated rings. The standard InChI is InChI=1S/C19H22N2O4S/c1-15-4-3-5-18(14-15)26(23,24)21-12-10-20(11-13-21)19(22)16-6-8-17(25-2)9-7-16/h3-9,14H,10-13H2,1-2H3. The summed E-state index contributed by atoms with van der Waals surface area (Å²) in [7, 11) is -1.95. The molecule has 2 aromatic carbocycles. The van der Waals surface area contributed by atoms with Crippen LogP contribution >= 0.6 is 0 Å². The Morgan fingerprint density at radius 2 is 1.65 bits per heavy atom. The van der Waals surface area contributed by atoms with Crippen LogP contribution in [-0.2, 0) is 10.0 Å². The minimum atomic E-state index is -3.53. The number of carbonyl (C=O) groups excluding carboxylic acids is 1. The lowest BCUT2D eigenvalue weighted by atomic mass is 10.2. The van der Waals surface area contributed by atoms with E-state index in [-0.39, 0.29) is 19.0 Å². The zero-order valence-electron chi connectivity index (χ0n) is 14.9. The van der Waals surface area contributed by atoms with Crippen LogP contribution in [0.2, 0.25) is 0 Å². The van der Waals surface area contributed by atoms with E-state index >= 15 is 0 Å². The normalized spacial score (nSPS) is 15.7. The Labute approximate surface area is 154 Å². The van der Waals surface area contributed by atoms with Crippen LogP contribution < -0.4 is 4.74 Å². The first kappa shape index (κ1) is 18.4. The number of benzene rings is 2. The summed E-state index contributed by atoms with van der Waals surface area (Å²) >= 11 is 0. The Morgan fingerprint density at radius 3 is 2.23 bits per heavy atom. The maximum absolute atomic E-state index is 12.8. The Bertz CT molecular complexity index is 886. The summed E-state index contributed by atoms with van der Waals surface area (Å²) in [6, 6.07) is 13.8. The molecule has 0 aromatic heterocycles. The van der Waals surface area contributed by atoms with Crippen molar-refractivity contribution in [1.29, 1.82) is 0 Å². The summed E-state index contributed by atoms with van der Waals surface area (Å²) in [6.07, 6.45) is 0. The molecule has 1 aliphatic heterocycles. The molecule has 3 rings (SSSR count). The maximum Gasteiger partial charge on any atom is 0.253 e. The van der Waals surface area contributed by atoms with Crippen LogP contribution in [0, 0.1) is 6.92 Å². The molecule has 0 N–H and O–H groups in total. The molecule has 0 bridgehead atoms. The number of sulfonamides is 1. The van der Waals surface area contributed by atoms with E-state index in [9.17, 15) is 13.2 Å². The van der Waals surface area contributed by atoms with Gasteiger partial charge in [-0.05, 0) is 48.9 Å². The van der Waals surface area contributed by atoms with Crippen molar-refractivity contribution in [3.63, 3.8) is 0 Å². The number of nitrogens with zero attached hydrogens (tertiary/aromatic N) is 2. The van der Waals surface area contributed by atoms with Crippen molar-refractivity contribution < 1.29 is 17.9 Å². The Balaban J connectivity index is 1.67. The second-order valence-corrected chi connectivity index (χ2v) is 8.18. The first-order chi connectivity index (χ1) is 12.4. The van der Waals surface area contributed by atoms with E-state index in [1.165, 1.54) is 4.31 Å². The van der Waals surface area contributed by atoms with Crippen LogP contribution in [-0.4, -0.2) is 56.8 Å². The van der Waals surface area contributed by atoms with E-state index in [1.807, 2.05) is 13.0 Å². The predicted molar refractivity (Wildman–Crippen MR) is 98.8 cm³/mol. The molecule has 26 heavy (non-hydrogen) atoms. The second-order valence-electron chi connectivity index (χ2n) is 6.24. The molecule has 6 nitrogen and oxygen atoms in total. The highest BCUT2D eigenvalue weighted by Crippen LogP contribution is 2.20. The Morgan fingerprint density at radius 1 is 1.00 bits per heavy atom. The molecular formula is C19H22N2O4S. The fourth-order valence-electron chi connectivity index (χ4n) is 2.97. The fraction of sp³-hybridized carbons (Fsp3) is 0.316. The average Bonchev–Trinajstić information content (AvgIpc) is 2.67. The minimum Gasteiger partial charge on any atom is -0.497 e. The molecule has 0 saturated carbocycles. The van der Waals surface area contributed by atoms with Crippen molar-refractivity contribution in [1.82, 2.24) is 9.21 Å². The predicted octanol–water partition coefficient (Wildman–Crippen LogP) is 2.15. The highest BCUT2D eigenvalue weighted by Gasteiger charge is 2.30. The lowest BCUT2D eigenvalue weighted by Crippen LogP contribution is -2.50. The summed E-state index contributed by atoms with van der Waals surface area (Å²) in [5.41, 5.74) is 1.47. The molecule has 0 unspecified atom stereocenters. The summed E-state index contributed by atoms with van der Waals surface area (Å²) in [4.78, 5) is 14.6. The number of methoxy groups -OCH3 is 1. The maximum atomic E-state index is 12.8. The number of amides is 1. The van der Waals surface area contributed by atoms with Gasteiger partial charge in [-0.2, -0.15) is 4.31 Å². The molecule has 138 valence electrons. The molecule has 0 atom stereocenters. The molecule has 1 amide bonds. The topological polar surface area (TPSA) is 66.9 Å². The second kappa shape index (κ2) is 7.47. The number of hydrogen-bond donors (Lipinski definition) is 0. The third-order valence-electron chi connectivity index (χ3n) is 4.49. The molecule has 2 aromatic rings. The molecule has 1 saturated heterocycles. The lowest BCUT2D eigenvalue weighted by molar-refractivity contribution is 0.0698. The SMILES string of the molecule is COc1ccc(C(=O)N2CCN(S(=O)(=O)c3cccc(C)c3)CC2)cc1. The molecule has 0 aliphatic carbocycles. The largest absolute Gasteiger partial charge is 0.497 e. The highest BCUT2D eigenvalue weighted by atomic mass is 32.2. The Kier molecular flexibility index (Phi) is 5.29. The van der Waals surface area contributed by atoms with Gasteiger partial charge in [-0.25, -0.2) is 8.42 Å². The van der Waals surface area contributed by atoms with Gasteiger partial charge in [0.1, 0.15) is 5.75 Å². The number of piperazine rings is 1. The van der Waals surface area contributed by atoms with Gasteiger partial charge in [0, 0.05) is 31.7 Å². The van der Waals surface area contributed by atoms with Crippen molar-refractivity contribution in [3.05, 3.63) is 59.7 Å². The first-order valence-electron chi connectivity index (χ1n) is 8.42. The molecule has 7 heteroatoms. The number of carbonyl (C=O) groups is 1. The summed E-state index contributed by atoms with van der Waals surface area (Å²) in [5, 5.41) is 0. The van der Waals surface area contributed by atoms with Crippen molar-refractivity contribution in [2.75, 3.05) is 33.3 Å². The van der Waals surface area contributed by atoms with Crippen LogP contribution in [0.15, 0.2) is 53.4 Å². The van der Waals surface area contributed by atoms with Crippen LogP contribution in [0.25, 0.3) is 0 Å². The van der Waals surface area contributed by atoms with E-state index in [0.29, 0.717) is 29.3 Å². The van der Waals surface area contributed by atoms with E-state index in [4.69, 9.17) is 4.74 Å². The van der Waals surface area contributed by atoms with E-state index in [2.05, 4.69) is 0 Å². The average molecular weight is 374 g/mol. The van der Waals surface area contributed by atoms with Crippen molar-refractivity contribution in [3.8, 4) is 5.75 Å². The summed E-state index contributed by atoms with van der Waals surface area (Å²) in [5.74, 6) is 0.593. The zero-order valence-corrected chi connectivity index (χ0v) is 15.7. The molecule has 0 spiro atoms. The van der Waals surface area contributed by atoms with Crippen molar-refractivity contribution >= 4 is 15.9 Å². The summed E-state index contributed by atoms with van der Waals surface area (Å²) in [6.45, 7) is 3.19. The third kappa shape index (κ3) is 3.73. The summed E-state index contributed by atoms with van der Waals surface area (Å²) < 4.78 is 32.1. The van der Waals surface area contributed by atoms with Gasteiger partial charge >= 0.3 is 0 Å². The number of aryl methyl sites for hydroxylation is 1. The van der Waals surface area contributed by atoms with Crippen LogP contribution in [0.3, 0.4) is 0 Å². The monoisotopic (exact) mass is 374 g/mol. The van der Waals surface area contributed by atoms with E-state index < -0.39 is 10.0 Å². The lowest BCUT2D eigenvalue weighted by Gasteiger charge is -2.34. The van der Waals surface area contributed by atoms with E-state index in [1.54, 1.807) is 54.5 Å². The van der Waals surface area contributed by atoms with Gasteiger partial charge in [0.25, 0.3) is 5.91 Å². The smallest absolute Gasteiger partial charge is 0.253 e. The molecule has 1 aliphatic rings. The van der Waals surface area contributed by atoms with E-state index in [0.717, 1.165) is 5.56 Å². The van der Waals surface area contributed by atoms with Gasteiger partial charge in [-0.1, -0.05) is 12.1 Å². The van der Waals surface area contributed by atoms with Gasteiger partial charge in [0.05, 0.1) is 12.0 Å². The van der Waals surface area contributed by atoms with Gasteiger partial charge < -0.3 is 9.64 Å². The fourth-order valence-corrected chi connectivity index (χ4v) is 4.50. The van der Waals surface area contributed by atoms with Crippen LogP contribution in [0.4, 0.5) is 0 Å². The van der Waals surface area contributed by atoms with Gasteiger partial charge in [-0.15, -0.1) is 0 Å². The Hall–Kier alpha value is -2.38. The minimum absolute atomic E-state index is 0.0970. The molecule has 0 radical (unpaired) electrons.